The van der Waals surface area contributed by atoms with Crippen molar-refractivity contribution in [2.75, 3.05) is 7.11 Å². The number of phenols is 1. The number of hydrogen-bond acceptors (Lipinski definition) is 3. The molecular formula is C13H16O4. The lowest BCUT2D eigenvalue weighted by Gasteiger charge is -2.41. The number of carboxylic acid groups (broad SMARTS) is 1. The van der Waals surface area contributed by atoms with Gasteiger partial charge in [0.05, 0.1) is 13.5 Å². The number of carbonyl (C=O) groups is 1. The zero-order valence-electron chi connectivity index (χ0n) is 9.77. The molecule has 0 saturated heterocycles. The Morgan fingerprint density at radius 3 is 2.65 bits per heavy atom. The minimum Gasteiger partial charge on any atom is -0.508 e. The Bertz CT molecular complexity index is 435. The Morgan fingerprint density at radius 2 is 2.18 bits per heavy atom. The van der Waals surface area contributed by atoms with E-state index in [0.29, 0.717) is 11.3 Å². The molecule has 1 fully saturated rings. The molecule has 0 spiro atoms. The highest BCUT2D eigenvalue weighted by atomic mass is 16.5. The number of carboxylic acids is 1. The molecular weight excluding hydrogens is 220 g/mol. The first-order chi connectivity index (χ1) is 8.07. The highest BCUT2D eigenvalue weighted by Crippen LogP contribution is 2.50. The summed E-state index contributed by atoms with van der Waals surface area (Å²) in [6.07, 6.45) is 2.68. The average molecular weight is 236 g/mol. The number of benzene rings is 1. The molecule has 2 rings (SSSR count). The second kappa shape index (κ2) is 4.28. The van der Waals surface area contributed by atoms with Gasteiger partial charge in [0.15, 0.2) is 0 Å². The molecule has 4 heteroatoms. The van der Waals surface area contributed by atoms with Crippen LogP contribution < -0.4 is 4.74 Å². The fourth-order valence-electron chi connectivity index (χ4n) is 2.50. The molecule has 1 aliphatic rings. The number of hydrogen-bond donors (Lipinski definition) is 2. The molecule has 0 radical (unpaired) electrons. The lowest BCUT2D eigenvalue weighted by atomic mass is 9.62. The summed E-state index contributed by atoms with van der Waals surface area (Å²) in [7, 11) is 1.56. The maximum atomic E-state index is 10.9. The average Bonchev–Trinajstić information content (AvgIpc) is 2.24. The lowest BCUT2D eigenvalue weighted by Crippen LogP contribution is -2.36. The first kappa shape index (κ1) is 11.8. The molecule has 2 N–H and O–H groups in total. The van der Waals surface area contributed by atoms with E-state index in [1.54, 1.807) is 25.3 Å². The highest BCUT2D eigenvalue weighted by Gasteiger charge is 2.42. The Labute approximate surface area is 99.8 Å². The van der Waals surface area contributed by atoms with Crippen molar-refractivity contribution in [3.05, 3.63) is 23.8 Å². The van der Waals surface area contributed by atoms with Crippen LogP contribution in [-0.4, -0.2) is 23.3 Å². The maximum Gasteiger partial charge on any atom is 0.304 e. The van der Waals surface area contributed by atoms with Crippen molar-refractivity contribution in [3.63, 3.8) is 0 Å². The van der Waals surface area contributed by atoms with Gasteiger partial charge in [0, 0.05) is 11.0 Å². The maximum absolute atomic E-state index is 10.9. The summed E-state index contributed by atoms with van der Waals surface area (Å²) in [6.45, 7) is 0. The monoisotopic (exact) mass is 236 g/mol. The number of ether oxygens (including phenoxy) is 1. The third-order valence-electron chi connectivity index (χ3n) is 3.58. The van der Waals surface area contributed by atoms with E-state index < -0.39 is 11.4 Å². The zero-order valence-corrected chi connectivity index (χ0v) is 9.77. The van der Waals surface area contributed by atoms with E-state index in [9.17, 15) is 9.90 Å². The highest BCUT2D eigenvalue weighted by molar-refractivity contribution is 5.70. The van der Waals surface area contributed by atoms with Gasteiger partial charge in [-0.15, -0.1) is 0 Å². The summed E-state index contributed by atoms with van der Waals surface area (Å²) in [5.41, 5.74) is 0.287. The molecule has 1 aliphatic carbocycles. The molecule has 0 amide bonds. The van der Waals surface area contributed by atoms with Crippen molar-refractivity contribution in [3.8, 4) is 11.5 Å². The van der Waals surface area contributed by atoms with E-state index in [1.165, 1.54) is 0 Å². The normalized spacial score (nSPS) is 17.2. The van der Waals surface area contributed by atoms with Gasteiger partial charge in [0.2, 0.25) is 0 Å². The van der Waals surface area contributed by atoms with Gasteiger partial charge in [-0.05, 0) is 31.0 Å². The van der Waals surface area contributed by atoms with E-state index in [2.05, 4.69) is 0 Å². The molecule has 1 aromatic carbocycles. The topological polar surface area (TPSA) is 66.8 Å². The van der Waals surface area contributed by atoms with E-state index in [4.69, 9.17) is 9.84 Å². The third-order valence-corrected chi connectivity index (χ3v) is 3.58. The van der Waals surface area contributed by atoms with E-state index in [0.717, 1.165) is 19.3 Å². The molecule has 1 saturated carbocycles. The summed E-state index contributed by atoms with van der Waals surface area (Å²) < 4.78 is 5.12. The Hall–Kier alpha value is -1.71. The Kier molecular flexibility index (Phi) is 2.96. The number of phenolic OH excluding ortho intramolecular Hbond substituents is 1. The largest absolute Gasteiger partial charge is 0.508 e. The van der Waals surface area contributed by atoms with Crippen molar-refractivity contribution >= 4 is 5.97 Å². The van der Waals surface area contributed by atoms with E-state index in [1.807, 2.05) is 0 Å². The van der Waals surface area contributed by atoms with Crippen LogP contribution in [0.5, 0.6) is 11.5 Å². The number of aromatic hydroxyl groups is 1. The molecule has 1 aromatic rings. The van der Waals surface area contributed by atoms with E-state index in [-0.39, 0.29) is 12.2 Å². The van der Waals surface area contributed by atoms with Crippen LogP contribution in [0.1, 0.15) is 31.2 Å². The van der Waals surface area contributed by atoms with Crippen molar-refractivity contribution in [2.45, 2.75) is 31.1 Å². The van der Waals surface area contributed by atoms with Crippen LogP contribution in [0.3, 0.4) is 0 Å². The SMILES string of the molecule is COc1ccc(O)c(C2(CC(=O)O)CCC2)c1. The standard InChI is InChI=1S/C13H16O4/c1-17-9-3-4-11(14)10(7-9)13(5-2-6-13)8-12(15)16/h3-4,7,14H,2,5-6,8H2,1H3,(H,15,16). The van der Waals surface area contributed by atoms with Gasteiger partial charge in [-0.3, -0.25) is 4.79 Å². The summed E-state index contributed by atoms with van der Waals surface area (Å²) in [6, 6.07) is 4.99. The van der Waals surface area contributed by atoms with Crippen LogP contribution >= 0.6 is 0 Å². The van der Waals surface area contributed by atoms with Gasteiger partial charge in [-0.25, -0.2) is 0 Å². The summed E-state index contributed by atoms with van der Waals surface area (Å²) in [4.78, 5) is 10.9. The second-order valence-corrected chi connectivity index (χ2v) is 4.59. The molecule has 4 nitrogen and oxygen atoms in total. The Morgan fingerprint density at radius 1 is 1.47 bits per heavy atom. The number of methoxy groups -OCH3 is 1. The van der Waals surface area contributed by atoms with Crippen molar-refractivity contribution in [1.29, 1.82) is 0 Å². The van der Waals surface area contributed by atoms with Crippen molar-refractivity contribution in [1.82, 2.24) is 0 Å². The van der Waals surface area contributed by atoms with Crippen LogP contribution in [0.15, 0.2) is 18.2 Å². The quantitative estimate of drug-likeness (QED) is 0.841. The fourth-order valence-corrected chi connectivity index (χ4v) is 2.50. The molecule has 17 heavy (non-hydrogen) atoms. The van der Waals surface area contributed by atoms with Crippen LogP contribution in [0.2, 0.25) is 0 Å². The molecule has 0 heterocycles. The predicted octanol–water partition coefficient (Wildman–Crippen LogP) is 2.30. The summed E-state index contributed by atoms with van der Waals surface area (Å²) >= 11 is 0. The smallest absolute Gasteiger partial charge is 0.304 e. The number of aliphatic carboxylic acids is 1. The minimum atomic E-state index is -0.827. The zero-order chi connectivity index (χ0) is 12.5. The molecule has 0 bridgehead atoms. The number of rotatable bonds is 4. The Balaban J connectivity index is 2.39. The van der Waals surface area contributed by atoms with Crippen LogP contribution in [0.4, 0.5) is 0 Å². The van der Waals surface area contributed by atoms with Crippen LogP contribution in [-0.2, 0) is 10.2 Å². The molecule has 0 unspecified atom stereocenters. The van der Waals surface area contributed by atoms with Crippen LogP contribution in [0.25, 0.3) is 0 Å². The van der Waals surface area contributed by atoms with Gasteiger partial charge in [-0.1, -0.05) is 6.42 Å². The van der Waals surface area contributed by atoms with E-state index >= 15 is 0 Å². The minimum absolute atomic E-state index is 0.0632. The van der Waals surface area contributed by atoms with Crippen molar-refractivity contribution < 1.29 is 19.7 Å². The molecule has 0 aliphatic heterocycles. The van der Waals surface area contributed by atoms with Crippen molar-refractivity contribution in [2.24, 2.45) is 0 Å². The second-order valence-electron chi connectivity index (χ2n) is 4.59. The van der Waals surface area contributed by atoms with Gasteiger partial charge in [-0.2, -0.15) is 0 Å². The summed E-state index contributed by atoms with van der Waals surface area (Å²) in [5.74, 6) is -0.0202. The fraction of sp³-hybridized carbons (Fsp3) is 0.462. The van der Waals surface area contributed by atoms with Gasteiger partial charge in [0.25, 0.3) is 0 Å². The van der Waals surface area contributed by atoms with Gasteiger partial charge >= 0.3 is 5.97 Å². The predicted molar refractivity (Wildman–Crippen MR) is 62.4 cm³/mol. The molecule has 0 aromatic heterocycles. The molecule has 92 valence electrons. The molecule has 0 atom stereocenters. The van der Waals surface area contributed by atoms with Crippen LogP contribution in [0, 0.1) is 0 Å². The first-order valence-corrected chi connectivity index (χ1v) is 5.67. The first-order valence-electron chi connectivity index (χ1n) is 5.67. The summed E-state index contributed by atoms with van der Waals surface area (Å²) in [5, 5.41) is 18.9. The van der Waals surface area contributed by atoms with Gasteiger partial charge in [0.1, 0.15) is 11.5 Å². The van der Waals surface area contributed by atoms with Gasteiger partial charge < -0.3 is 14.9 Å². The third kappa shape index (κ3) is 2.07. The lowest BCUT2D eigenvalue weighted by molar-refractivity contribution is -0.139.